The standard InChI is InChI=1S/C35H49N5O4/c41-33(36-19-25-38-20-7-4-8-21-38)31(26-28-15-17-30(18-16-28)44-27-29-12-5-3-6-13-29)37-34(42)32-14-11-24-40(32)35(43)39-22-9-1-2-10-23-39/h3,5-6,12-13,15-18,31-32H,1-2,4,7-11,14,19-27H2,(H,36,41)(H,37,42)/t31-,32-/m0/s1. The van der Waals surface area contributed by atoms with Crippen molar-refractivity contribution in [3.63, 3.8) is 0 Å². The van der Waals surface area contributed by atoms with Gasteiger partial charge in [-0.1, -0.05) is 61.7 Å². The summed E-state index contributed by atoms with van der Waals surface area (Å²) in [6.07, 6.45) is 9.72. The van der Waals surface area contributed by atoms with Crippen LogP contribution < -0.4 is 15.4 Å². The van der Waals surface area contributed by atoms with Gasteiger partial charge in [0.25, 0.3) is 0 Å². The van der Waals surface area contributed by atoms with Crippen LogP contribution in [0.3, 0.4) is 0 Å². The molecule has 0 saturated carbocycles. The van der Waals surface area contributed by atoms with Gasteiger partial charge in [0.1, 0.15) is 24.4 Å². The first kappa shape index (κ1) is 31.8. The number of likely N-dealkylation sites (tertiary alicyclic amines) is 3. The van der Waals surface area contributed by atoms with Crippen LogP contribution in [0.1, 0.15) is 68.9 Å². The third-order valence-corrected chi connectivity index (χ3v) is 9.10. The second kappa shape index (κ2) is 16.5. The van der Waals surface area contributed by atoms with Crippen molar-refractivity contribution < 1.29 is 19.1 Å². The van der Waals surface area contributed by atoms with Crippen LogP contribution in [0.15, 0.2) is 54.6 Å². The number of hydrogen-bond acceptors (Lipinski definition) is 5. The molecule has 9 heteroatoms. The monoisotopic (exact) mass is 603 g/mol. The van der Waals surface area contributed by atoms with E-state index in [0.717, 1.165) is 81.7 Å². The van der Waals surface area contributed by atoms with Gasteiger partial charge in [-0.2, -0.15) is 0 Å². The van der Waals surface area contributed by atoms with Crippen LogP contribution in [0.4, 0.5) is 4.79 Å². The molecule has 44 heavy (non-hydrogen) atoms. The molecule has 2 atom stereocenters. The predicted molar refractivity (Wildman–Crippen MR) is 171 cm³/mol. The summed E-state index contributed by atoms with van der Waals surface area (Å²) in [7, 11) is 0. The molecule has 0 spiro atoms. The SMILES string of the molecule is O=C(NCCN1CCCCC1)[C@H](Cc1ccc(OCc2ccccc2)cc1)NC(=O)[C@@H]1CCCN1C(=O)N1CCCCCC1. The molecule has 0 aromatic heterocycles. The molecule has 3 heterocycles. The van der Waals surface area contributed by atoms with Crippen molar-refractivity contribution in [3.05, 3.63) is 65.7 Å². The van der Waals surface area contributed by atoms with E-state index in [1.165, 1.54) is 19.3 Å². The van der Waals surface area contributed by atoms with E-state index >= 15 is 0 Å². The topological polar surface area (TPSA) is 94.2 Å². The Morgan fingerprint density at radius 1 is 0.773 bits per heavy atom. The molecule has 0 radical (unpaired) electrons. The van der Waals surface area contributed by atoms with Crippen molar-refractivity contribution in [1.82, 2.24) is 25.3 Å². The number of benzene rings is 2. The first-order valence-electron chi connectivity index (χ1n) is 16.7. The number of urea groups is 1. The van der Waals surface area contributed by atoms with Gasteiger partial charge in [0.05, 0.1) is 0 Å². The Morgan fingerprint density at radius 3 is 2.18 bits per heavy atom. The number of ether oxygens (including phenoxy) is 1. The lowest BCUT2D eigenvalue weighted by Gasteiger charge is -2.31. The van der Waals surface area contributed by atoms with Crippen LogP contribution in [-0.4, -0.2) is 90.4 Å². The normalized spacial score (nSPS) is 20.0. The number of carbonyl (C=O) groups excluding carboxylic acids is 3. The van der Waals surface area contributed by atoms with E-state index < -0.39 is 12.1 Å². The summed E-state index contributed by atoms with van der Waals surface area (Å²) in [4.78, 5) is 46.6. The van der Waals surface area contributed by atoms with Gasteiger partial charge in [-0.05, 0) is 74.9 Å². The van der Waals surface area contributed by atoms with Gasteiger partial charge in [0, 0.05) is 39.1 Å². The largest absolute Gasteiger partial charge is 0.489 e. The highest BCUT2D eigenvalue weighted by molar-refractivity contribution is 5.92. The fraction of sp³-hybridized carbons (Fsp3) is 0.571. The van der Waals surface area contributed by atoms with Crippen LogP contribution in [0.5, 0.6) is 5.75 Å². The molecule has 9 nitrogen and oxygen atoms in total. The maximum absolute atomic E-state index is 13.7. The number of hydrogen-bond donors (Lipinski definition) is 2. The molecule has 2 aromatic carbocycles. The zero-order valence-electron chi connectivity index (χ0n) is 26.1. The van der Waals surface area contributed by atoms with Crippen LogP contribution >= 0.6 is 0 Å². The van der Waals surface area contributed by atoms with E-state index in [2.05, 4.69) is 15.5 Å². The molecule has 3 aliphatic rings. The molecule has 2 aromatic rings. The first-order chi connectivity index (χ1) is 21.6. The van der Waals surface area contributed by atoms with E-state index in [0.29, 0.717) is 32.5 Å². The van der Waals surface area contributed by atoms with Crippen molar-refractivity contribution in [1.29, 1.82) is 0 Å². The number of piperidine rings is 1. The highest BCUT2D eigenvalue weighted by Crippen LogP contribution is 2.22. The summed E-state index contributed by atoms with van der Waals surface area (Å²) in [6.45, 7) is 6.03. The quantitative estimate of drug-likeness (QED) is 0.398. The lowest BCUT2D eigenvalue weighted by molar-refractivity contribution is -0.131. The molecule has 2 N–H and O–H groups in total. The summed E-state index contributed by atoms with van der Waals surface area (Å²) >= 11 is 0. The third kappa shape index (κ3) is 9.21. The van der Waals surface area contributed by atoms with Crippen molar-refractivity contribution >= 4 is 17.8 Å². The lowest BCUT2D eigenvalue weighted by atomic mass is 10.0. The van der Waals surface area contributed by atoms with Gasteiger partial charge in [-0.25, -0.2) is 4.79 Å². The van der Waals surface area contributed by atoms with Crippen LogP contribution in [0.2, 0.25) is 0 Å². The average molecular weight is 604 g/mol. The molecule has 0 aliphatic carbocycles. The Hall–Kier alpha value is -3.59. The molecule has 3 aliphatic heterocycles. The summed E-state index contributed by atoms with van der Waals surface area (Å²) < 4.78 is 5.94. The van der Waals surface area contributed by atoms with Gasteiger partial charge >= 0.3 is 6.03 Å². The third-order valence-electron chi connectivity index (χ3n) is 9.10. The van der Waals surface area contributed by atoms with Crippen LogP contribution in [0, 0.1) is 0 Å². The minimum absolute atomic E-state index is 0.0434. The molecule has 0 unspecified atom stereocenters. The van der Waals surface area contributed by atoms with Gasteiger partial charge in [-0.3, -0.25) is 9.59 Å². The zero-order chi connectivity index (χ0) is 30.6. The Morgan fingerprint density at radius 2 is 1.45 bits per heavy atom. The van der Waals surface area contributed by atoms with Crippen molar-refractivity contribution in [2.75, 3.05) is 45.8 Å². The van der Waals surface area contributed by atoms with E-state index in [4.69, 9.17) is 4.74 Å². The minimum Gasteiger partial charge on any atom is -0.489 e. The lowest BCUT2D eigenvalue weighted by Crippen LogP contribution is -2.56. The van der Waals surface area contributed by atoms with Gasteiger partial charge in [0.2, 0.25) is 11.8 Å². The highest BCUT2D eigenvalue weighted by atomic mass is 16.5. The second-order valence-electron chi connectivity index (χ2n) is 12.4. The molecular weight excluding hydrogens is 554 g/mol. The molecule has 3 saturated heterocycles. The van der Waals surface area contributed by atoms with Crippen molar-refractivity contribution in [3.8, 4) is 5.75 Å². The zero-order valence-corrected chi connectivity index (χ0v) is 26.1. The van der Waals surface area contributed by atoms with Gasteiger partial charge in [-0.15, -0.1) is 0 Å². The molecule has 4 amide bonds. The van der Waals surface area contributed by atoms with Gasteiger partial charge in [0.15, 0.2) is 0 Å². The summed E-state index contributed by atoms with van der Waals surface area (Å²) in [6, 6.07) is 16.4. The number of carbonyl (C=O) groups is 3. The second-order valence-corrected chi connectivity index (χ2v) is 12.4. The molecule has 3 fully saturated rings. The molecule has 5 rings (SSSR count). The fourth-order valence-electron chi connectivity index (χ4n) is 6.53. The van der Waals surface area contributed by atoms with E-state index in [-0.39, 0.29) is 17.8 Å². The van der Waals surface area contributed by atoms with Crippen LogP contribution in [-0.2, 0) is 22.6 Å². The minimum atomic E-state index is -0.740. The molecule has 0 bridgehead atoms. The maximum atomic E-state index is 13.7. The molecular formula is C35H49N5O4. The fourth-order valence-corrected chi connectivity index (χ4v) is 6.53. The van der Waals surface area contributed by atoms with E-state index in [1.807, 2.05) is 59.5 Å². The summed E-state index contributed by atoms with van der Waals surface area (Å²) in [5.41, 5.74) is 2.02. The number of nitrogens with zero attached hydrogens (tertiary/aromatic N) is 3. The maximum Gasteiger partial charge on any atom is 0.320 e. The summed E-state index contributed by atoms with van der Waals surface area (Å²) in [5.74, 6) is 0.311. The molecule has 238 valence electrons. The summed E-state index contributed by atoms with van der Waals surface area (Å²) in [5, 5.41) is 6.13. The number of amides is 4. The Kier molecular flexibility index (Phi) is 11.9. The van der Waals surface area contributed by atoms with Crippen LogP contribution in [0.25, 0.3) is 0 Å². The van der Waals surface area contributed by atoms with E-state index in [9.17, 15) is 14.4 Å². The Balaban J connectivity index is 1.21. The number of rotatable bonds is 11. The predicted octanol–water partition coefficient (Wildman–Crippen LogP) is 4.36. The first-order valence-corrected chi connectivity index (χ1v) is 16.7. The van der Waals surface area contributed by atoms with Crippen molar-refractivity contribution in [2.45, 2.75) is 82.9 Å². The van der Waals surface area contributed by atoms with Crippen molar-refractivity contribution in [2.24, 2.45) is 0 Å². The Bertz CT molecular complexity index is 1190. The number of nitrogens with one attached hydrogen (secondary N) is 2. The van der Waals surface area contributed by atoms with E-state index in [1.54, 1.807) is 4.90 Å². The Labute approximate surface area is 262 Å². The average Bonchev–Trinajstić information content (AvgIpc) is 3.40. The highest BCUT2D eigenvalue weighted by Gasteiger charge is 2.37. The smallest absolute Gasteiger partial charge is 0.320 e. The van der Waals surface area contributed by atoms with Gasteiger partial charge < -0.3 is 30.1 Å².